The van der Waals surface area contributed by atoms with Crippen molar-refractivity contribution in [1.29, 1.82) is 0 Å². The summed E-state index contributed by atoms with van der Waals surface area (Å²) < 4.78 is 0. The number of nitrogens with two attached hydrogens (primary N) is 1. The fourth-order valence-electron chi connectivity index (χ4n) is 1.56. The van der Waals surface area contributed by atoms with Crippen molar-refractivity contribution in [2.75, 3.05) is 13.1 Å². The molecule has 0 aliphatic rings. The first-order valence-electron chi connectivity index (χ1n) is 6.18. The second kappa shape index (κ2) is 9.47. The van der Waals surface area contributed by atoms with Gasteiger partial charge in [0.2, 0.25) is 0 Å². The summed E-state index contributed by atoms with van der Waals surface area (Å²) in [5.74, 6) is 0.656. The molecule has 2 unspecified atom stereocenters. The molecule has 0 radical (unpaired) electrons. The Morgan fingerprint density at radius 3 is 2.43 bits per heavy atom. The lowest BCUT2D eigenvalue weighted by Gasteiger charge is -2.18. The van der Waals surface area contributed by atoms with Gasteiger partial charge in [-0.15, -0.1) is 0 Å². The average Bonchev–Trinajstić information content (AvgIpc) is 2.20. The lowest BCUT2D eigenvalue weighted by molar-refractivity contribution is 0.414. The van der Waals surface area contributed by atoms with Crippen LogP contribution in [0.4, 0.5) is 0 Å². The van der Waals surface area contributed by atoms with Crippen molar-refractivity contribution in [3.8, 4) is 0 Å². The summed E-state index contributed by atoms with van der Waals surface area (Å²) in [5.41, 5.74) is 5.65. The summed E-state index contributed by atoms with van der Waals surface area (Å²) in [6.07, 6.45) is 6.51. The molecule has 2 atom stereocenters. The van der Waals surface area contributed by atoms with Crippen molar-refractivity contribution in [2.24, 2.45) is 11.7 Å². The van der Waals surface area contributed by atoms with Gasteiger partial charge in [-0.05, 0) is 32.4 Å². The number of hydrogen-bond donors (Lipinski definition) is 2. The van der Waals surface area contributed by atoms with Crippen LogP contribution in [0.25, 0.3) is 0 Å². The molecule has 0 aromatic carbocycles. The van der Waals surface area contributed by atoms with E-state index >= 15 is 0 Å². The minimum absolute atomic E-state index is 0.655. The maximum Gasteiger partial charge on any atom is 0.00388 e. The molecule has 0 aliphatic carbocycles. The Bertz CT molecular complexity index is 111. The Hall–Kier alpha value is -0.0800. The van der Waals surface area contributed by atoms with E-state index in [1.807, 2.05) is 0 Å². The van der Waals surface area contributed by atoms with Crippen molar-refractivity contribution in [3.63, 3.8) is 0 Å². The van der Waals surface area contributed by atoms with E-state index in [1.54, 1.807) is 0 Å². The fraction of sp³-hybridized carbons (Fsp3) is 1.00. The third kappa shape index (κ3) is 7.34. The highest BCUT2D eigenvalue weighted by Crippen LogP contribution is 2.04. The summed E-state index contributed by atoms with van der Waals surface area (Å²) in [6, 6.07) is 0.655. The van der Waals surface area contributed by atoms with Crippen LogP contribution in [-0.4, -0.2) is 19.1 Å². The zero-order valence-corrected chi connectivity index (χ0v) is 10.2. The van der Waals surface area contributed by atoms with Crippen molar-refractivity contribution in [3.05, 3.63) is 0 Å². The summed E-state index contributed by atoms with van der Waals surface area (Å²) in [7, 11) is 0. The maximum absolute atomic E-state index is 5.65. The Labute approximate surface area is 89.6 Å². The summed E-state index contributed by atoms with van der Waals surface area (Å²) in [6.45, 7) is 8.63. The number of unbranched alkanes of at least 4 members (excludes halogenated alkanes) is 2. The van der Waals surface area contributed by atoms with Gasteiger partial charge in [-0.25, -0.2) is 0 Å². The van der Waals surface area contributed by atoms with E-state index in [4.69, 9.17) is 5.73 Å². The molecule has 2 heteroatoms. The molecular formula is C12H28N2. The van der Waals surface area contributed by atoms with Crippen LogP contribution in [0.2, 0.25) is 0 Å². The molecule has 0 saturated carbocycles. The standard InChI is InChI=1S/C12H28N2/c1-4-6-7-8-11(3)14-10-12(5-2)9-13/h11-12,14H,4-10,13H2,1-3H3. The zero-order chi connectivity index (χ0) is 10.8. The highest BCUT2D eigenvalue weighted by atomic mass is 14.9. The predicted molar refractivity (Wildman–Crippen MR) is 64.4 cm³/mol. The van der Waals surface area contributed by atoms with Crippen LogP contribution in [0.1, 0.15) is 52.9 Å². The minimum Gasteiger partial charge on any atom is -0.330 e. The van der Waals surface area contributed by atoms with Crippen LogP contribution < -0.4 is 11.1 Å². The Morgan fingerprint density at radius 1 is 1.21 bits per heavy atom. The van der Waals surface area contributed by atoms with Crippen molar-refractivity contribution >= 4 is 0 Å². The molecule has 0 saturated heterocycles. The highest BCUT2D eigenvalue weighted by molar-refractivity contribution is 4.66. The second-order valence-electron chi connectivity index (χ2n) is 4.32. The molecule has 2 nitrogen and oxygen atoms in total. The van der Waals surface area contributed by atoms with Crippen LogP contribution in [0, 0.1) is 5.92 Å². The Kier molecular flexibility index (Phi) is 9.42. The first-order chi connectivity index (χ1) is 6.74. The molecular weight excluding hydrogens is 172 g/mol. The fourth-order valence-corrected chi connectivity index (χ4v) is 1.56. The van der Waals surface area contributed by atoms with Crippen LogP contribution in [0.5, 0.6) is 0 Å². The SMILES string of the molecule is CCCCCC(C)NCC(CC)CN. The third-order valence-electron chi connectivity index (χ3n) is 2.91. The van der Waals surface area contributed by atoms with E-state index in [2.05, 4.69) is 26.1 Å². The van der Waals surface area contributed by atoms with E-state index in [0.717, 1.165) is 13.1 Å². The van der Waals surface area contributed by atoms with E-state index in [9.17, 15) is 0 Å². The Balaban J connectivity index is 3.37. The molecule has 0 fully saturated rings. The molecule has 0 bridgehead atoms. The first kappa shape index (κ1) is 13.9. The van der Waals surface area contributed by atoms with Crippen molar-refractivity contribution < 1.29 is 0 Å². The van der Waals surface area contributed by atoms with Gasteiger partial charge >= 0.3 is 0 Å². The smallest absolute Gasteiger partial charge is 0.00388 e. The molecule has 0 heterocycles. The lowest BCUT2D eigenvalue weighted by Crippen LogP contribution is -2.33. The van der Waals surface area contributed by atoms with Gasteiger partial charge in [0.1, 0.15) is 0 Å². The van der Waals surface area contributed by atoms with Gasteiger partial charge in [0.05, 0.1) is 0 Å². The number of rotatable bonds is 9. The van der Waals surface area contributed by atoms with Crippen LogP contribution in [0.15, 0.2) is 0 Å². The van der Waals surface area contributed by atoms with Gasteiger partial charge in [0, 0.05) is 6.04 Å². The van der Waals surface area contributed by atoms with Crippen LogP contribution >= 0.6 is 0 Å². The molecule has 0 aromatic heterocycles. The largest absolute Gasteiger partial charge is 0.330 e. The van der Waals surface area contributed by atoms with Gasteiger partial charge < -0.3 is 11.1 Å². The molecule has 0 spiro atoms. The molecule has 0 amide bonds. The maximum atomic E-state index is 5.65. The predicted octanol–water partition coefficient (Wildman–Crippen LogP) is 2.53. The highest BCUT2D eigenvalue weighted by Gasteiger charge is 2.06. The normalized spacial score (nSPS) is 15.4. The minimum atomic E-state index is 0.655. The van der Waals surface area contributed by atoms with Crippen LogP contribution in [0.3, 0.4) is 0 Å². The molecule has 0 aliphatic heterocycles. The summed E-state index contributed by atoms with van der Waals surface area (Å²) >= 11 is 0. The summed E-state index contributed by atoms with van der Waals surface area (Å²) in [5, 5.41) is 3.56. The van der Waals surface area contributed by atoms with Gasteiger partial charge in [-0.3, -0.25) is 0 Å². The van der Waals surface area contributed by atoms with Crippen LogP contribution in [-0.2, 0) is 0 Å². The van der Waals surface area contributed by atoms with Gasteiger partial charge in [-0.1, -0.05) is 39.5 Å². The average molecular weight is 200 g/mol. The van der Waals surface area contributed by atoms with Gasteiger partial charge in [0.25, 0.3) is 0 Å². The number of nitrogens with one attached hydrogen (secondary N) is 1. The van der Waals surface area contributed by atoms with Crippen molar-refractivity contribution in [2.45, 2.75) is 58.9 Å². The van der Waals surface area contributed by atoms with E-state index in [0.29, 0.717) is 12.0 Å². The van der Waals surface area contributed by atoms with Gasteiger partial charge in [-0.2, -0.15) is 0 Å². The van der Waals surface area contributed by atoms with E-state index < -0.39 is 0 Å². The summed E-state index contributed by atoms with van der Waals surface area (Å²) in [4.78, 5) is 0. The molecule has 3 N–H and O–H groups in total. The zero-order valence-electron chi connectivity index (χ0n) is 10.2. The monoisotopic (exact) mass is 200 g/mol. The lowest BCUT2D eigenvalue weighted by atomic mass is 10.1. The number of hydrogen-bond acceptors (Lipinski definition) is 2. The van der Waals surface area contributed by atoms with Gasteiger partial charge in [0.15, 0.2) is 0 Å². The quantitative estimate of drug-likeness (QED) is 0.561. The molecule has 14 heavy (non-hydrogen) atoms. The van der Waals surface area contributed by atoms with Crippen molar-refractivity contribution in [1.82, 2.24) is 5.32 Å². The Morgan fingerprint density at radius 2 is 1.93 bits per heavy atom. The first-order valence-corrected chi connectivity index (χ1v) is 6.18. The van der Waals surface area contributed by atoms with E-state index in [-0.39, 0.29) is 0 Å². The molecule has 86 valence electrons. The molecule has 0 aromatic rings. The third-order valence-corrected chi connectivity index (χ3v) is 2.91. The second-order valence-corrected chi connectivity index (χ2v) is 4.32. The van der Waals surface area contributed by atoms with E-state index in [1.165, 1.54) is 32.1 Å². The molecule has 0 rings (SSSR count). The topological polar surface area (TPSA) is 38.0 Å².